The van der Waals surface area contributed by atoms with Gasteiger partial charge in [-0.25, -0.2) is 14.1 Å². The van der Waals surface area contributed by atoms with Crippen LogP contribution in [0.1, 0.15) is 31.1 Å². The maximum atomic E-state index is 15.4. The van der Waals surface area contributed by atoms with Crippen LogP contribution >= 0.6 is 0 Å². The van der Waals surface area contributed by atoms with Crippen molar-refractivity contribution < 1.29 is 33.1 Å². The number of benzene rings is 1. The van der Waals surface area contributed by atoms with E-state index in [0.717, 1.165) is 4.90 Å². The Labute approximate surface area is 165 Å². The van der Waals surface area contributed by atoms with Gasteiger partial charge in [-0.15, -0.1) is 0 Å². The third-order valence-electron chi connectivity index (χ3n) is 5.24. The molecule has 0 aliphatic carbocycles. The molecule has 0 spiro atoms. The molecule has 10 heteroatoms. The topological polar surface area (TPSA) is 105 Å². The summed E-state index contributed by atoms with van der Waals surface area (Å²) < 4.78 is 31.4. The number of aliphatic hydroxyl groups excluding tert-OH is 1. The highest BCUT2D eigenvalue weighted by Gasteiger charge is 2.41. The number of anilines is 2. The van der Waals surface area contributed by atoms with Crippen molar-refractivity contribution in [2.75, 3.05) is 29.5 Å². The molecule has 4 atom stereocenters. The van der Waals surface area contributed by atoms with Crippen LogP contribution in [0.15, 0.2) is 10.6 Å². The molecule has 0 radical (unpaired) electrons. The fourth-order valence-corrected chi connectivity index (χ4v) is 4.02. The highest BCUT2D eigenvalue weighted by atomic mass is 19.1. The third-order valence-corrected chi connectivity index (χ3v) is 5.24. The van der Waals surface area contributed by atoms with Gasteiger partial charge in [-0.05, 0) is 26.8 Å². The van der Waals surface area contributed by atoms with Crippen molar-refractivity contribution in [3.05, 3.63) is 17.4 Å². The Hall–Kier alpha value is -2.72. The van der Waals surface area contributed by atoms with Crippen LogP contribution in [0.25, 0.3) is 11.0 Å². The summed E-state index contributed by atoms with van der Waals surface area (Å²) in [5.41, 5.74) is 0.0617. The Morgan fingerprint density at radius 1 is 1.34 bits per heavy atom. The predicted molar refractivity (Wildman–Crippen MR) is 101 cm³/mol. The minimum atomic E-state index is -0.904. The van der Waals surface area contributed by atoms with Crippen molar-refractivity contribution in [2.45, 2.75) is 45.1 Å². The molecular weight excluding hydrogens is 385 g/mol. The Balaban J connectivity index is 1.83. The summed E-state index contributed by atoms with van der Waals surface area (Å²) in [5, 5.41) is 14.0. The van der Waals surface area contributed by atoms with Gasteiger partial charge in [0.1, 0.15) is 12.6 Å². The summed E-state index contributed by atoms with van der Waals surface area (Å²) in [6.07, 6.45) is -1.33. The lowest BCUT2D eigenvalue weighted by molar-refractivity contribution is -0.00543. The van der Waals surface area contributed by atoms with Crippen LogP contribution in [0.5, 0.6) is 0 Å². The standard InChI is InChI=1S/C19H22FN3O6/c1-9-5-22(6-10(2)28-9)16-12(7-24)4-13-17(15(16)20)29-21-18(13)23-14(11(3)25)8-27-19(23)26/h4,7,9-11,14,25H,5-6,8H2,1-3H3/t9-,10-,11+,14?/m1/s1. The minimum absolute atomic E-state index is 0.00524. The van der Waals surface area contributed by atoms with E-state index in [-0.39, 0.29) is 46.9 Å². The first kappa shape index (κ1) is 19.6. The number of hydrogen-bond donors (Lipinski definition) is 1. The molecule has 1 amide bonds. The van der Waals surface area contributed by atoms with Crippen molar-refractivity contribution >= 4 is 34.9 Å². The molecule has 2 fully saturated rings. The summed E-state index contributed by atoms with van der Waals surface area (Å²) >= 11 is 0. The Morgan fingerprint density at radius 2 is 2.03 bits per heavy atom. The van der Waals surface area contributed by atoms with Crippen LogP contribution in [0, 0.1) is 5.82 Å². The van der Waals surface area contributed by atoms with Gasteiger partial charge in [-0.3, -0.25) is 4.79 Å². The lowest BCUT2D eigenvalue weighted by Crippen LogP contribution is -2.46. The number of ether oxygens (including phenoxy) is 2. The number of cyclic esters (lactones) is 1. The van der Waals surface area contributed by atoms with E-state index in [1.54, 1.807) is 4.90 Å². The Bertz CT molecular complexity index is 951. The fraction of sp³-hybridized carbons (Fsp3) is 0.526. The zero-order chi connectivity index (χ0) is 20.9. The predicted octanol–water partition coefficient (Wildman–Crippen LogP) is 2.10. The van der Waals surface area contributed by atoms with E-state index in [1.165, 1.54) is 13.0 Å². The van der Waals surface area contributed by atoms with Crippen molar-refractivity contribution in [2.24, 2.45) is 0 Å². The monoisotopic (exact) mass is 407 g/mol. The van der Waals surface area contributed by atoms with Gasteiger partial charge in [0.15, 0.2) is 17.9 Å². The third kappa shape index (κ3) is 3.22. The summed E-state index contributed by atoms with van der Waals surface area (Å²) in [7, 11) is 0. The maximum Gasteiger partial charge on any atom is 0.416 e. The lowest BCUT2D eigenvalue weighted by atomic mass is 10.1. The SMILES string of the molecule is C[C@@H]1CN(c2c(C=O)cc3c(N4C(=O)OCC4[C@H](C)O)noc3c2F)C[C@@H](C)O1. The number of aromatic nitrogens is 1. The van der Waals surface area contributed by atoms with Crippen LogP contribution in [-0.4, -0.2) is 66.7 Å². The average molecular weight is 407 g/mol. The molecule has 2 aromatic rings. The first-order valence-electron chi connectivity index (χ1n) is 9.43. The van der Waals surface area contributed by atoms with Gasteiger partial charge in [-0.1, -0.05) is 5.16 Å². The second-order valence-corrected chi connectivity index (χ2v) is 7.55. The molecule has 2 aliphatic heterocycles. The van der Waals surface area contributed by atoms with Gasteiger partial charge in [0, 0.05) is 18.7 Å². The van der Waals surface area contributed by atoms with Crippen LogP contribution in [0.4, 0.5) is 20.7 Å². The number of aldehydes is 1. The molecular formula is C19H22FN3O6. The molecule has 156 valence electrons. The average Bonchev–Trinajstić information content (AvgIpc) is 3.23. The van der Waals surface area contributed by atoms with E-state index in [4.69, 9.17) is 14.0 Å². The number of carbonyl (C=O) groups is 2. The van der Waals surface area contributed by atoms with Gasteiger partial charge in [0.2, 0.25) is 5.58 Å². The largest absolute Gasteiger partial charge is 0.447 e. The molecule has 1 aromatic heterocycles. The van der Waals surface area contributed by atoms with Crippen LogP contribution in [-0.2, 0) is 9.47 Å². The fourth-order valence-electron chi connectivity index (χ4n) is 4.02. The summed E-state index contributed by atoms with van der Waals surface area (Å²) in [4.78, 5) is 26.9. The molecule has 4 rings (SSSR count). The Kier molecular flexibility index (Phi) is 4.91. The normalized spacial score (nSPS) is 26.1. The summed E-state index contributed by atoms with van der Waals surface area (Å²) in [6.45, 7) is 6.06. The quantitative estimate of drug-likeness (QED) is 0.769. The minimum Gasteiger partial charge on any atom is -0.447 e. The van der Waals surface area contributed by atoms with E-state index in [0.29, 0.717) is 19.4 Å². The molecule has 2 aliphatic rings. The molecule has 3 heterocycles. The van der Waals surface area contributed by atoms with E-state index < -0.39 is 24.1 Å². The number of fused-ring (bicyclic) bond motifs is 1. The summed E-state index contributed by atoms with van der Waals surface area (Å²) in [6, 6.07) is 0.751. The smallest absolute Gasteiger partial charge is 0.416 e. The number of morpholine rings is 1. The first-order valence-corrected chi connectivity index (χ1v) is 9.43. The van der Waals surface area contributed by atoms with Crippen molar-refractivity contribution in [1.29, 1.82) is 0 Å². The zero-order valence-corrected chi connectivity index (χ0v) is 16.3. The molecule has 1 N–H and O–H groups in total. The van der Waals surface area contributed by atoms with Gasteiger partial charge >= 0.3 is 6.09 Å². The molecule has 0 saturated carbocycles. The molecule has 2 saturated heterocycles. The number of halogens is 1. The molecule has 9 nitrogen and oxygen atoms in total. The highest BCUT2D eigenvalue weighted by molar-refractivity contribution is 6.03. The number of nitrogens with zero attached hydrogens (tertiary/aromatic N) is 3. The zero-order valence-electron chi connectivity index (χ0n) is 16.3. The summed E-state index contributed by atoms with van der Waals surface area (Å²) in [5.74, 6) is -0.725. The van der Waals surface area contributed by atoms with Crippen molar-refractivity contribution in [3.8, 4) is 0 Å². The molecule has 1 aromatic carbocycles. The van der Waals surface area contributed by atoms with Crippen LogP contribution in [0.2, 0.25) is 0 Å². The Morgan fingerprint density at radius 3 is 2.66 bits per heavy atom. The van der Waals surface area contributed by atoms with Gasteiger partial charge in [0.25, 0.3) is 0 Å². The molecule has 0 bridgehead atoms. The second-order valence-electron chi connectivity index (χ2n) is 7.55. The number of hydrogen-bond acceptors (Lipinski definition) is 8. The number of rotatable bonds is 4. The van der Waals surface area contributed by atoms with Crippen LogP contribution < -0.4 is 9.80 Å². The van der Waals surface area contributed by atoms with Crippen molar-refractivity contribution in [3.63, 3.8) is 0 Å². The van der Waals surface area contributed by atoms with E-state index in [2.05, 4.69) is 5.16 Å². The maximum absolute atomic E-state index is 15.4. The molecule has 1 unspecified atom stereocenters. The second kappa shape index (κ2) is 7.27. The van der Waals surface area contributed by atoms with Crippen molar-refractivity contribution in [1.82, 2.24) is 5.16 Å². The van der Waals surface area contributed by atoms with Crippen LogP contribution in [0.3, 0.4) is 0 Å². The molecule has 29 heavy (non-hydrogen) atoms. The first-order chi connectivity index (χ1) is 13.8. The number of amides is 1. The number of aliphatic hydroxyl groups is 1. The highest BCUT2D eigenvalue weighted by Crippen LogP contribution is 2.38. The van der Waals surface area contributed by atoms with Gasteiger partial charge in [-0.2, -0.15) is 0 Å². The lowest BCUT2D eigenvalue weighted by Gasteiger charge is -2.37. The van der Waals surface area contributed by atoms with Gasteiger partial charge < -0.3 is 24.0 Å². The van der Waals surface area contributed by atoms with E-state index in [1.807, 2.05) is 13.8 Å². The van der Waals surface area contributed by atoms with Gasteiger partial charge in [0.05, 0.1) is 29.4 Å². The number of carbonyl (C=O) groups excluding carboxylic acids is 2. The van der Waals surface area contributed by atoms with E-state index in [9.17, 15) is 14.7 Å². The van der Waals surface area contributed by atoms with E-state index >= 15 is 4.39 Å².